The Balaban J connectivity index is 1.88. The number of para-hydroxylation sites is 3. The number of sulfonamides is 1. The summed E-state index contributed by atoms with van der Waals surface area (Å²) in [6.07, 6.45) is 0.575. The van der Waals surface area contributed by atoms with Crippen LogP contribution in [0.1, 0.15) is 5.56 Å². The number of hydrogen-bond acceptors (Lipinski definition) is 6. The average Bonchev–Trinajstić information content (AvgIpc) is 2.71. The van der Waals surface area contributed by atoms with Crippen LogP contribution in [0.4, 0.5) is 5.69 Å². The minimum Gasteiger partial charge on any atom is -0.475 e. The second kappa shape index (κ2) is 6.79. The molecule has 1 aliphatic rings. The summed E-state index contributed by atoms with van der Waals surface area (Å²) >= 11 is 0. The number of ether oxygens (including phenoxy) is 2. The van der Waals surface area contributed by atoms with E-state index in [2.05, 4.69) is 4.98 Å². The first-order valence-corrected chi connectivity index (χ1v) is 10.1. The maximum absolute atomic E-state index is 13.6. The van der Waals surface area contributed by atoms with E-state index in [0.717, 1.165) is 10.9 Å². The van der Waals surface area contributed by atoms with Crippen molar-refractivity contribution in [1.29, 1.82) is 0 Å². The third-order valence-corrected chi connectivity index (χ3v) is 6.39. The number of aromatic nitrogens is 1. The van der Waals surface area contributed by atoms with Crippen molar-refractivity contribution in [3.05, 3.63) is 60.3 Å². The summed E-state index contributed by atoms with van der Waals surface area (Å²) in [6.45, 7) is 1.71. The van der Waals surface area contributed by atoms with E-state index in [0.29, 0.717) is 17.0 Å². The molecule has 0 radical (unpaired) electrons. The minimum atomic E-state index is -4.01. The molecule has 0 spiro atoms. The smallest absolute Gasteiger partial charge is 0.348 e. The third-order valence-electron chi connectivity index (χ3n) is 4.58. The minimum absolute atomic E-state index is 0.0744. The molecule has 0 unspecified atom stereocenters. The van der Waals surface area contributed by atoms with Gasteiger partial charge in [-0.2, -0.15) is 0 Å². The Labute approximate surface area is 162 Å². The molecule has 1 atom stereocenters. The average molecular weight is 398 g/mol. The summed E-state index contributed by atoms with van der Waals surface area (Å²) in [4.78, 5) is 16.5. The Hall–Kier alpha value is -3.13. The Bertz CT molecular complexity index is 1180. The molecular weight excluding hydrogens is 380 g/mol. The first-order chi connectivity index (χ1) is 13.4. The largest absolute Gasteiger partial charge is 0.475 e. The summed E-state index contributed by atoms with van der Waals surface area (Å²) in [5, 5.41) is 0.729. The van der Waals surface area contributed by atoms with Gasteiger partial charge in [0.25, 0.3) is 10.0 Å². The molecular formula is C20H18N2O5S. The highest BCUT2D eigenvalue weighted by molar-refractivity contribution is 7.93. The van der Waals surface area contributed by atoms with Gasteiger partial charge in [0.05, 0.1) is 24.9 Å². The molecule has 2 heterocycles. The molecule has 8 heteroatoms. The molecule has 3 aromatic rings. The Kier molecular flexibility index (Phi) is 4.43. The van der Waals surface area contributed by atoms with E-state index in [4.69, 9.17) is 9.47 Å². The highest BCUT2D eigenvalue weighted by Gasteiger charge is 2.38. The standard InChI is InChI=1S/C20H18N2O5S/c1-13-10-14-6-5-9-18(19(14)21-11-13)28(24,25)22-12-17(20(23)26-2)27-16-8-4-3-7-15(16)22/h3-11,17H,12H2,1-2H3/t17-/m1/s1. The molecule has 0 bridgehead atoms. The zero-order chi connectivity index (χ0) is 19.9. The molecule has 28 heavy (non-hydrogen) atoms. The van der Waals surface area contributed by atoms with Crippen molar-refractivity contribution in [3.63, 3.8) is 0 Å². The highest BCUT2D eigenvalue weighted by atomic mass is 32.2. The molecule has 0 amide bonds. The van der Waals surface area contributed by atoms with Crippen LogP contribution in [0.2, 0.25) is 0 Å². The third kappa shape index (κ3) is 2.95. The van der Waals surface area contributed by atoms with E-state index in [-0.39, 0.29) is 11.4 Å². The van der Waals surface area contributed by atoms with Crippen LogP contribution in [-0.2, 0) is 19.6 Å². The molecule has 0 fully saturated rings. The number of esters is 1. The van der Waals surface area contributed by atoms with Gasteiger partial charge >= 0.3 is 5.97 Å². The van der Waals surface area contributed by atoms with Crippen LogP contribution >= 0.6 is 0 Å². The molecule has 0 saturated carbocycles. The predicted molar refractivity (Wildman–Crippen MR) is 104 cm³/mol. The van der Waals surface area contributed by atoms with Crippen LogP contribution in [0.5, 0.6) is 5.75 Å². The van der Waals surface area contributed by atoms with Gasteiger partial charge < -0.3 is 9.47 Å². The van der Waals surface area contributed by atoms with Crippen LogP contribution in [0.15, 0.2) is 59.6 Å². The fourth-order valence-corrected chi connectivity index (χ4v) is 4.90. The SMILES string of the molecule is COC(=O)[C@H]1CN(S(=O)(=O)c2cccc3cc(C)cnc23)c2ccccc2O1. The van der Waals surface area contributed by atoms with Gasteiger partial charge in [0, 0.05) is 11.6 Å². The number of aryl methyl sites for hydroxylation is 1. The van der Waals surface area contributed by atoms with Crippen LogP contribution < -0.4 is 9.04 Å². The van der Waals surface area contributed by atoms with Gasteiger partial charge in [-0.05, 0) is 36.8 Å². The summed E-state index contributed by atoms with van der Waals surface area (Å²) in [7, 11) is -2.77. The van der Waals surface area contributed by atoms with Crippen molar-refractivity contribution >= 4 is 32.6 Å². The monoisotopic (exact) mass is 398 g/mol. The van der Waals surface area contributed by atoms with E-state index in [1.54, 1.807) is 36.5 Å². The summed E-state index contributed by atoms with van der Waals surface area (Å²) in [5.74, 6) is -0.335. The topological polar surface area (TPSA) is 85.8 Å². The Morgan fingerprint density at radius 3 is 2.79 bits per heavy atom. The van der Waals surface area contributed by atoms with E-state index < -0.39 is 22.1 Å². The number of methoxy groups -OCH3 is 1. The number of fused-ring (bicyclic) bond motifs is 2. The van der Waals surface area contributed by atoms with Crippen LogP contribution in [0.25, 0.3) is 10.9 Å². The first-order valence-electron chi connectivity index (χ1n) is 8.63. The van der Waals surface area contributed by atoms with Crippen LogP contribution in [0.3, 0.4) is 0 Å². The lowest BCUT2D eigenvalue weighted by Gasteiger charge is -2.34. The maximum Gasteiger partial charge on any atom is 0.348 e. The quantitative estimate of drug-likeness (QED) is 0.631. The number of benzene rings is 2. The van der Waals surface area contributed by atoms with Gasteiger partial charge in [0.2, 0.25) is 6.10 Å². The van der Waals surface area contributed by atoms with Gasteiger partial charge in [-0.25, -0.2) is 13.2 Å². The summed E-state index contributed by atoms with van der Waals surface area (Å²) < 4.78 is 38.8. The van der Waals surface area contributed by atoms with Gasteiger partial charge in [-0.15, -0.1) is 0 Å². The van der Waals surface area contributed by atoms with E-state index in [1.807, 2.05) is 19.1 Å². The fourth-order valence-electron chi connectivity index (χ4n) is 3.25. The molecule has 1 aromatic heterocycles. The molecule has 2 aromatic carbocycles. The van der Waals surface area contributed by atoms with Crippen molar-refractivity contribution < 1.29 is 22.7 Å². The van der Waals surface area contributed by atoms with Gasteiger partial charge in [-0.1, -0.05) is 24.3 Å². The Morgan fingerprint density at radius 1 is 1.21 bits per heavy atom. The number of carbonyl (C=O) groups is 1. The van der Waals surface area contributed by atoms with Crippen molar-refractivity contribution in [3.8, 4) is 5.75 Å². The predicted octanol–water partition coefficient (Wildman–Crippen LogP) is 2.67. The van der Waals surface area contributed by atoms with Crippen LogP contribution in [-0.4, -0.2) is 39.1 Å². The lowest BCUT2D eigenvalue weighted by Crippen LogP contribution is -2.47. The van der Waals surface area contributed by atoms with Crippen molar-refractivity contribution in [2.75, 3.05) is 18.0 Å². The number of carbonyl (C=O) groups excluding carboxylic acids is 1. The van der Waals surface area contributed by atoms with E-state index in [9.17, 15) is 13.2 Å². The molecule has 144 valence electrons. The van der Waals surface area contributed by atoms with Crippen molar-refractivity contribution in [2.45, 2.75) is 17.9 Å². The van der Waals surface area contributed by atoms with E-state index in [1.165, 1.54) is 17.5 Å². The van der Waals surface area contributed by atoms with E-state index >= 15 is 0 Å². The number of nitrogens with zero attached hydrogens (tertiary/aromatic N) is 2. The molecule has 0 N–H and O–H groups in total. The molecule has 4 rings (SSSR count). The van der Waals surface area contributed by atoms with Gasteiger partial charge in [0.1, 0.15) is 10.6 Å². The zero-order valence-electron chi connectivity index (χ0n) is 15.3. The normalized spacial score (nSPS) is 16.4. The van der Waals surface area contributed by atoms with Gasteiger partial charge in [-0.3, -0.25) is 9.29 Å². The van der Waals surface area contributed by atoms with Crippen molar-refractivity contribution in [2.24, 2.45) is 0 Å². The molecule has 7 nitrogen and oxygen atoms in total. The maximum atomic E-state index is 13.6. The lowest BCUT2D eigenvalue weighted by atomic mass is 10.2. The van der Waals surface area contributed by atoms with Gasteiger partial charge in [0.15, 0.2) is 0 Å². The molecule has 0 aliphatic carbocycles. The lowest BCUT2D eigenvalue weighted by molar-refractivity contribution is -0.148. The first kappa shape index (κ1) is 18.2. The number of hydrogen-bond donors (Lipinski definition) is 0. The number of pyridine rings is 1. The zero-order valence-corrected chi connectivity index (χ0v) is 16.1. The number of rotatable bonds is 3. The van der Waals surface area contributed by atoms with Crippen molar-refractivity contribution in [1.82, 2.24) is 4.98 Å². The van der Waals surface area contributed by atoms with Crippen LogP contribution in [0, 0.1) is 6.92 Å². The fraction of sp³-hybridized carbons (Fsp3) is 0.200. The summed E-state index contributed by atoms with van der Waals surface area (Å²) in [6, 6.07) is 13.6. The molecule has 1 aliphatic heterocycles. The number of anilines is 1. The summed E-state index contributed by atoms with van der Waals surface area (Å²) in [5.41, 5.74) is 1.68. The Morgan fingerprint density at radius 2 is 2.00 bits per heavy atom. The molecule has 0 saturated heterocycles. The second-order valence-electron chi connectivity index (χ2n) is 6.47. The second-order valence-corrected chi connectivity index (χ2v) is 8.30. The highest BCUT2D eigenvalue weighted by Crippen LogP contribution is 2.38.